The van der Waals surface area contributed by atoms with Gasteiger partial charge in [-0.15, -0.1) is 0 Å². The molecule has 1 aliphatic carbocycles. The van der Waals surface area contributed by atoms with Gasteiger partial charge in [0.15, 0.2) is 0 Å². The molecule has 0 aromatic rings. The summed E-state index contributed by atoms with van der Waals surface area (Å²) >= 11 is 0. The quantitative estimate of drug-likeness (QED) is 0.642. The molecule has 0 aromatic carbocycles. The van der Waals surface area contributed by atoms with E-state index in [-0.39, 0.29) is 24.4 Å². The van der Waals surface area contributed by atoms with E-state index in [4.69, 9.17) is 14.2 Å². The maximum Gasteiger partial charge on any atom is 0.110 e. The zero-order chi connectivity index (χ0) is 12.0. The van der Waals surface area contributed by atoms with Crippen molar-refractivity contribution >= 4 is 0 Å². The fourth-order valence-corrected chi connectivity index (χ4v) is 1.95. The molecule has 96 valence electrons. The molecule has 0 amide bonds. The van der Waals surface area contributed by atoms with Gasteiger partial charge >= 0.3 is 0 Å². The van der Waals surface area contributed by atoms with Crippen molar-refractivity contribution in [3.8, 4) is 0 Å². The van der Waals surface area contributed by atoms with Gasteiger partial charge in [0.2, 0.25) is 0 Å². The summed E-state index contributed by atoms with van der Waals surface area (Å²) in [7, 11) is 1.64. The molecule has 1 fully saturated rings. The van der Waals surface area contributed by atoms with E-state index in [1.54, 1.807) is 7.11 Å². The number of ether oxygens (including phenoxy) is 3. The Kier molecular flexibility index (Phi) is 6.28. The molecule has 0 radical (unpaired) electrons. The summed E-state index contributed by atoms with van der Waals surface area (Å²) in [6, 6.07) is 0. The van der Waals surface area contributed by atoms with E-state index >= 15 is 0 Å². The van der Waals surface area contributed by atoms with Crippen LogP contribution in [0, 0.1) is 0 Å². The maximum atomic E-state index is 9.57. The highest BCUT2D eigenvalue weighted by molar-refractivity contribution is 4.92. The average Bonchev–Trinajstić information content (AvgIpc) is 2.24. The SMILES string of the molecule is CCCC(C)OC1CC(O)C1OCCOC. The molecular formula is C12H24O4. The number of hydrogen-bond donors (Lipinski definition) is 1. The predicted octanol–water partition coefficient (Wildman–Crippen LogP) is 1.36. The zero-order valence-electron chi connectivity index (χ0n) is 10.5. The van der Waals surface area contributed by atoms with Crippen molar-refractivity contribution in [1.29, 1.82) is 0 Å². The van der Waals surface area contributed by atoms with Crippen molar-refractivity contribution in [2.45, 2.75) is 57.5 Å². The lowest BCUT2D eigenvalue weighted by Gasteiger charge is -2.42. The third-order valence-electron chi connectivity index (χ3n) is 2.92. The number of aliphatic hydroxyl groups excluding tert-OH is 1. The molecule has 0 bridgehead atoms. The number of hydrogen-bond acceptors (Lipinski definition) is 4. The van der Waals surface area contributed by atoms with Gasteiger partial charge < -0.3 is 19.3 Å². The van der Waals surface area contributed by atoms with E-state index in [2.05, 4.69) is 13.8 Å². The van der Waals surface area contributed by atoms with Gasteiger partial charge in [-0.2, -0.15) is 0 Å². The second-order valence-electron chi connectivity index (χ2n) is 4.41. The smallest absolute Gasteiger partial charge is 0.110 e. The Morgan fingerprint density at radius 2 is 2.12 bits per heavy atom. The summed E-state index contributed by atoms with van der Waals surface area (Å²) < 4.78 is 16.2. The molecule has 16 heavy (non-hydrogen) atoms. The van der Waals surface area contributed by atoms with E-state index in [1.807, 2.05) is 0 Å². The number of rotatable bonds is 8. The zero-order valence-corrected chi connectivity index (χ0v) is 10.5. The highest BCUT2D eigenvalue weighted by Gasteiger charge is 2.42. The minimum absolute atomic E-state index is 0.0495. The fourth-order valence-electron chi connectivity index (χ4n) is 1.95. The first-order chi connectivity index (χ1) is 7.69. The Morgan fingerprint density at radius 3 is 2.69 bits per heavy atom. The van der Waals surface area contributed by atoms with E-state index in [9.17, 15) is 5.11 Å². The molecule has 4 atom stereocenters. The van der Waals surface area contributed by atoms with Crippen molar-refractivity contribution in [2.24, 2.45) is 0 Å². The molecule has 0 saturated heterocycles. The van der Waals surface area contributed by atoms with Gasteiger partial charge in [0.25, 0.3) is 0 Å². The molecular weight excluding hydrogens is 208 g/mol. The Morgan fingerprint density at radius 1 is 1.38 bits per heavy atom. The van der Waals surface area contributed by atoms with Crippen LogP contribution in [0.2, 0.25) is 0 Å². The molecule has 0 aromatic heterocycles. The average molecular weight is 232 g/mol. The van der Waals surface area contributed by atoms with Crippen LogP contribution in [0.4, 0.5) is 0 Å². The molecule has 0 aliphatic heterocycles. The van der Waals surface area contributed by atoms with Crippen LogP contribution in [0.25, 0.3) is 0 Å². The van der Waals surface area contributed by atoms with Crippen molar-refractivity contribution in [1.82, 2.24) is 0 Å². The molecule has 1 rings (SSSR count). The lowest BCUT2D eigenvalue weighted by atomic mass is 9.87. The minimum atomic E-state index is -0.379. The van der Waals surface area contributed by atoms with Crippen LogP contribution < -0.4 is 0 Å². The first kappa shape index (κ1) is 13.9. The lowest BCUT2D eigenvalue weighted by molar-refractivity contribution is -0.208. The van der Waals surface area contributed by atoms with Gasteiger partial charge in [-0.1, -0.05) is 13.3 Å². The summed E-state index contributed by atoms with van der Waals surface area (Å²) in [5, 5.41) is 9.57. The van der Waals surface area contributed by atoms with E-state index in [1.165, 1.54) is 0 Å². The van der Waals surface area contributed by atoms with Crippen LogP contribution in [-0.2, 0) is 14.2 Å². The van der Waals surface area contributed by atoms with Gasteiger partial charge in [0, 0.05) is 13.5 Å². The minimum Gasteiger partial charge on any atom is -0.390 e. The number of methoxy groups -OCH3 is 1. The van der Waals surface area contributed by atoms with Crippen molar-refractivity contribution in [3.05, 3.63) is 0 Å². The van der Waals surface area contributed by atoms with Crippen molar-refractivity contribution in [2.75, 3.05) is 20.3 Å². The van der Waals surface area contributed by atoms with E-state index in [0.29, 0.717) is 19.6 Å². The molecule has 4 nitrogen and oxygen atoms in total. The van der Waals surface area contributed by atoms with Crippen LogP contribution in [0.5, 0.6) is 0 Å². The highest BCUT2D eigenvalue weighted by atomic mass is 16.6. The van der Waals surface area contributed by atoms with Crippen LogP contribution in [0.3, 0.4) is 0 Å². The van der Waals surface area contributed by atoms with Crippen molar-refractivity contribution in [3.63, 3.8) is 0 Å². The van der Waals surface area contributed by atoms with Gasteiger partial charge in [0.1, 0.15) is 6.10 Å². The Bertz CT molecular complexity index is 186. The Hall–Kier alpha value is -0.160. The summed E-state index contributed by atoms with van der Waals surface area (Å²) in [5.74, 6) is 0. The predicted molar refractivity (Wildman–Crippen MR) is 61.5 cm³/mol. The summed E-state index contributed by atoms with van der Waals surface area (Å²) in [5.41, 5.74) is 0. The molecule has 4 unspecified atom stereocenters. The van der Waals surface area contributed by atoms with Gasteiger partial charge in [-0.25, -0.2) is 0 Å². The molecule has 1 N–H and O–H groups in total. The Labute approximate surface area is 97.9 Å². The summed E-state index contributed by atoms with van der Waals surface area (Å²) in [4.78, 5) is 0. The van der Waals surface area contributed by atoms with Crippen molar-refractivity contribution < 1.29 is 19.3 Å². The Balaban J connectivity index is 2.21. The third kappa shape index (κ3) is 4.01. The first-order valence-electron chi connectivity index (χ1n) is 6.13. The van der Waals surface area contributed by atoms with E-state index < -0.39 is 0 Å². The lowest BCUT2D eigenvalue weighted by Crippen LogP contribution is -2.54. The summed E-state index contributed by atoms with van der Waals surface area (Å²) in [6.45, 7) is 5.28. The van der Waals surface area contributed by atoms with E-state index in [0.717, 1.165) is 12.8 Å². The first-order valence-corrected chi connectivity index (χ1v) is 6.13. The monoisotopic (exact) mass is 232 g/mol. The third-order valence-corrected chi connectivity index (χ3v) is 2.92. The summed E-state index contributed by atoms with van der Waals surface area (Å²) in [6.07, 6.45) is 2.60. The van der Waals surface area contributed by atoms with Crippen LogP contribution in [0.1, 0.15) is 33.1 Å². The maximum absolute atomic E-state index is 9.57. The van der Waals surface area contributed by atoms with Gasteiger partial charge in [-0.3, -0.25) is 0 Å². The van der Waals surface area contributed by atoms with Crippen LogP contribution in [-0.4, -0.2) is 49.8 Å². The van der Waals surface area contributed by atoms with Gasteiger partial charge in [0.05, 0.1) is 31.5 Å². The largest absolute Gasteiger partial charge is 0.390 e. The molecule has 0 spiro atoms. The topological polar surface area (TPSA) is 47.9 Å². The molecule has 1 aliphatic rings. The second-order valence-corrected chi connectivity index (χ2v) is 4.41. The molecule has 4 heteroatoms. The normalized spacial score (nSPS) is 31.1. The van der Waals surface area contributed by atoms with Gasteiger partial charge in [-0.05, 0) is 13.3 Å². The standard InChI is InChI=1S/C12H24O4/c1-4-5-9(2)16-11-8-10(13)12(11)15-7-6-14-3/h9-13H,4-8H2,1-3H3. The molecule has 1 saturated carbocycles. The molecule has 0 heterocycles. The van der Waals surface area contributed by atoms with Crippen LogP contribution in [0.15, 0.2) is 0 Å². The number of aliphatic hydroxyl groups is 1. The second kappa shape index (κ2) is 7.22. The fraction of sp³-hybridized carbons (Fsp3) is 1.00. The highest BCUT2D eigenvalue weighted by Crippen LogP contribution is 2.28. The van der Waals surface area contributed by atoms with Crippen LogP contribution >= 0.6 is 0 Å².